The van der Waals surface area contributed by atoms with Gasteiger partial charge < -0.3 is 58.7 Å². The van der Waals surface area contributed by atoms with Gasteiger partial charge in [-0.2, -0.15) is 0 Å². The van der Waals surface area contributed by atoms with Gasteiger partial charge in [0, 0.05) is 30.4 Å². The van der Waals surface area contributed by atoms with Crippen molar-refractivity contribution in [2.24, 2.45) is 34.5 Å². The summed E-state index contributed by atoms with van der Waals surface area (Å²) in [5.74, 6) is 0.0740. The highest BCUT2D eigenvalue weighted by Gasteiger charge is 2.68. The van der Waals surface area contributed by atoms with E-state index in [0.29, 0.717) is 32.3 Å². The number of rotatable bonds is 8. The minimum atomic E-state index is -1.56. The second kappa shape index (κ2) is 13.5. The van der Waals surface area contributed by atoms with Gasteiger partial charge in [0.2, 0.25) is 0 Å². The molecule has 7 aliphatic rings. The number of aliphatic hydroxyl groups is 5. The number of carbonyl (C=O) groups is 2. The van der Waals surface area contributed by atoms with E-state index in [-0.39, 0.29) is 41.2 Å². The van der Waals surface area contributed by atoms with Crippen molar-refractivity contribution in [2.75, 3.05) is 20.3 Å². The number of fused-ring (bicyclic) bond motifs is 5. The molecule has 0 radical (unpaired) electrons. The van der Waals surface area contributed by atoms with Crippen molar-refractivity contribution in [2.45, 2.75) is 145 Å². The van der Waals surface area contributed by atoms with E-state index in [4.69, 9.17) is 28.4 Å². The first-order chi connectivity index (χ1) is 23.4. The second-order valence-corrected chi connectivity index (χ2v) is 16.1. The van der Waals surface area contributed by atoms with Crippen LogP contribution in [-0.4, -0.2) is 125 Å². The number of aldehydes is 1. The van der Waals surface area contributed by atoms with Crippen LogP contribution in [0.3, 0.4) is 0 Å². The quantitative estimate of drug-likeness (QED) is 0.138. The molecule has 0 aromatic heterocycles. The third kappa shape index (κ3) is 5.75. The Labute approximate surface area is 287 Å². The van der Waals surface area contributed by atoms with Gasteiger partial charge in [0.25, 0.3) is 0 Å². The van der Waals surface area contributed by atoms with Gasteiger partial charge in [-0.3, -0.25) is 0 Å². The van der Waals surface area contributed by atoms with Gasteiger partial charge in [0.05, 0.1) is 30.5 Å². The van der Waals surface area contributed by atoms with Crippen molar-refractivity contribution < 1.29 is 63.5 Å². The molecular weight excluding hydrogens is 640 g/mol. The highest BCUT2D eigenvalue weighted by Crippen LogP contribution is 2.69. The molecule has 17 atom stereocenters. The fraction of sp³-hybridized carbons (Fsp3) is 0.889. The van der Waals surface area contributed by atoms with Crippen LogP contribution < -0.4 is 0 Å². The number of ether oxygens (including phenoxy) is 6. The topological polar surface area (TPSA) is 191 Å². The van der Waals surface area contributed by atoms with Crippen molar-refractivity contribution in [1.29, 1.82) is 0 Å². The molecule has 13 nitrogen and oxygen atoms in total. The van der Waals surface area contributed by atoms with Crippen molar-refractivity contribution in [3.8, 4) is 0 Å². The Bertz CT molecular complexity index is 1280. The number of aliphatic hydroxyl groups excluding tert-OH is 4. The first-order valence-corrected chi connectivity index (χ1v) is 18.2. The normalized spacial score (nSPS) is 52.8. The van der Waals surface area contributed by atoms with Crippen LogP contribution in [0.25, 0.3) is 0 Å². The summed E-state index contributed by atoms with van der Waals surface area (Å²) in [5.41, 5.74) is -0.761. The SMILES string of the molecule is COC1CC(OC2CCC3(C=O)C(CCC4C3CCC3(C)C(C5=CC(=O)OC5)CCC43O)C2)OC(C)C1OC1OC(CO)C(O)C(O)C1O. The molecule has 49 heavy (non-hydrogen) atoms. The number of cyclic esters (lactones) is 1. The van der Waals surface area contributed by atoms with Crippen LogP contribution in [0.4, 0.5) is 0 Å². The monoisotopic (exact) mass is 694 g/mol. The fourth-order valence-electron chi connectivity index (χ4n) is 11.5. The number of esters is 1. The molecular formula is C36H54O13. The zero-order valence-electron chi connectivity index (χ0n) is 28.7. The summed E-state index contributed by atoms with van der Waals surface area (Å²) in [7, 11) is 1.55. The van der Waals surface area contributed by atoms with Gasteiger partial charge in [-0.15, -0.1) is 0 Å². The molecule has 17 unspecified atom stereocenters. The summed E-state index contributed by atoms with van der Waals surface area (Å²) in [4.78, 5) is 25.1. The zero-order chi connectivity index (χ0) is 34.9. The van der Waals surface area contributed by atoms with E-state index in [1.807, 2.05) is 0 Å². The molecule has 4 saturated carbocycles. The van der Waals surface area contributed by atoms with E-state index in [2.05, 4.69) is 6.92 Å². The molecule has 2 saturated heterocycles. The molecule has 3 aliphatic heterocycles. The largest absolute Gasteiger partial charge is 0.458 e. The lowest BCUT2D eigenvalue weighted by Crippen LogP contribution is -2.63. The summed E-state index contributed by atoms with van der Waals surface area (Å²) in [6.07, 6.45) is 0.732. The smallest absolute Gasteiger partial charge is 0.331 e. The number of methoxy groups -OCH3 is 1. The Morgan fingerprint density at radius 3 is 2.45 bits per heavy atom. The van der Waals surface area contributed by atoms with E-state index < -0.39 is 72.9 Å². The van der Waals surface area contributed by atoms with E-state index in [0.717, 1.165) is 44.1 Å². The van der Waals surface area contributed by atoms with Crippen molar-refractivity contribution in [3.05, 3.63) is 11.6 Å². The summed E-state index contributed by atoms with van der Waals surface area (Å²) in [6, 6.07) is 0. The Morgan fingerprint density at radius 2 is 1.76 bits per heavy atom. The number of hydrogen-bond donors (Lipinski definition) is 5. The van der Waals surface area contributed by atoms with Gasteiger partial charge >= 0.3 is 5.97 Å². The molecule has 0 spiro atoms. The molecule has 276 valence electrons. The van der Waals surface area contributed by atoms with Crippen LogP contribution in [-0.2, 0) is 38.0 Å². The average molecular weight is 695 g/mol. The van der Waals surface area contributed by atoms with Gasteiger partial charge in [-0.25, -0.2) is 4.79 Å². The summed E-state index contributed by atoms with van der Waals surface area (Å²) in [6.45, 7) is 3.75. The van der Waals surface area contributed by atoms with E-state index in [1.165, 1.54) is 6.29 Å². The Hall–Kier alpha value is -1.52. The summed E-state index contributed by atoms with van der Waals surface area (Å²) < 4.78 is 35.4. The van der Waals surface area contributed by atoms with E-state index in [9.17, 15) is 35.1 Å². The Balaban J connectivity index is 0.990. The summed E-state index contributed by atoms with van der Waals surface area (Å²) in [5, 5.41) is 52.9. The van der Waals surface area contributed by atoms with Gasteiger partial charge in [0.1, 0.15) is 43.4 Å². The lowest BCUT2D eigenvalue weighted by Gasteiger charge is -2.63. The third-order valence-corrected chi connectivity index (χ3v) is 14.1. The van der Waals surface area contributed by atoms with Crippen LogP contribution in [0.5, 0.6) is 0 Å². The molecule has 0 aromatic carbocycles. The first-order valence-electron chi connectivity index (χ1n) is 18.2. The molecule has 0 aromatic rings. The molecule has 4 aliphatic carbocycles. The highest BCUT2D eigenvalue weighted by molar-refractivity contribution is 5.85. The van der Waals surface area contributed by atoms with Crippen LogP contribution in [0.15, 0.2) is 11.6 Å². The van der Waals surface area contributed by atoms with Gasteiger partial charge in [-0.1, -0.05) is 6.92 Å². The number of carbonyl (C=O) groups excluding carboxylic acids is 2. The van der Waals surface area contributed by atoms with Crippen molar-refractivity contribution in [3.63, 3.8) is 0 Å². The predicted molar refractivity (Wildman–Crippen MR) is 169 cm³/mol. The maximum absolute atomic E-state index is 13.2. The minimum absolute atomic E-state index is 0.0272. The molecule has 0 bridgehead atoms. The Kier molecular flexibility index (Phi) is 9.86. The van der Waals surface area contributed by atoms with Crippen molar-refractivity contribution in [1.82, 2.24) is 0 Å². The highest BCUT2D eigenvalue weighted by atomic mass is 16.7. The van der Waals surface area contributed by atoms with E-state index in [1.54, 1.807) is 20.1 Å². The zero-order valence-corrected chi connectivity index (χ0v) is 28.7. The third-order valence-electron chi connectivity index (χ3n) is 14.1. The van der Waals surface area contributed by atoms with Crippen LogP contribution in [0.2, 0.25) is 0 Å². The molecule has 7 rings (SSSR count). The number of hydrogen-bond acceptors (Lipinski definition) is 13. The standard InChI is InChI=1S/C36H54O13/c1-18-32(49-33-31(42)30(41)29(40)26(15-37)48-33)25(44-3)14-28(46-18)47-21-6-10-35(17-38)20(13-21)4-5-24-23(35)7-9-34(2)22(8-11-36(24,34)43)19-12-27(39)45-16-19/h12,17-18,20-26,28-33,37,40-43H,4-11,13-16H2,1-3H3. The second-order valence-electron chi connectivity index (χ2n) is 16.1. The molecule has 13 heteroatoms. The van der Waals surface area contributed by atoms with Gasteiger partial charge in [-0.05, 0) is 94.0 Å². The molecule has 0 amide bonds. The molecule has 3 heterocycles. The van der Waals surface area contributed by atoms with E-state index >= 15 is 0 Å². The maximum Gasteiger partial charge on any atom is 0.331 e. The molecule has 5 N–H and O–H groups in total. The fourth-order valence-corrected chi connectivity index (χ4v) is 11.5. The van der Waals surface area contributed by atoms with Crippen LogP contribution in [0.1, 0.15) is 78.1 Å². The predicted octanol–water partition coefficient (Wildman–Crippen LogP) is 1.14. The maximum atomic E-state index is 13.2. The lowest BCUT2D eigenvalue weighted by molar-refractivity contribution is -0.345. The molecule has 6 fully saturated rings. The van der Waals surface area contributed by atoms with Crippen molar-refractivity contribution >= 4 is 12.3 Å². The van der Waals surface area contributed by atoms with Crippen LogP contribution >= 0.6 is 0 Å². The lowest BCUT2D eigenvalue weighted by atomic mass is 9.43. The summed E-state index contributed by atoms with van der Waals surface area (Å²) >= 11 is 0. The minimum Gasteiger partial charge on any atom is -0.458 e. The van der Waals surface area contributed by atoms with Crippen LogP contribution in [0, 0.1) is 34.5 Å². The Morgan fingerprint density at radius 1 is 0.959 bits per heavy atom. The average Bonchev–Trinajstić information content (AvgIpc) is 3.64. The van der Waals surface area contributed by atoms with Gasteiger partial charge in [0.15, 0.2) is 12.6 Å². The first kappa shape index (κ1) is 35.9.